The maximum absolute atomic E-state index is 11.8. The summed E-state index contributed by atoms with van der Waals surface area (Å²) in [5.41, 5.74) is 0.666. The molecule has 0 atom stereocenters. The third-order valence-corrected chi connectivity index (χ3v) is 2.23. The van der Waals surface area contributed by atoms with Crippen LogP contribution in [0, 0.1) is 0 Å². The van der Waals surface area contributed by atoms with E-state index in [1.165, 1.54) is 0 Å². The molecule has 0 aliphatic carbocycles. The molecule has 4 nitrogen and oxygen atoms in total. The van der Waals surface area contributed by atoms with E-state index in [0.717, 1.165) is 0 Å². The minimum atomic E-state index is -0.00750. The topological polar surface area (TPSA) is 56.0 Å². The van der Waals surface area contributed by atoms with E-state index in [0.29, 0.717) is 23.7 Å². The molecule has 0 aliphatic heterocycles. The van der Waals surface area contributed by atoms with E-state index in [1.54, 1.807) is 12.1 Å². The standard InChI is InChI=1S/C12H12N2O2/c1-2-11-13-12(16-14-11)8-10(15)9-6-4-3-5-7-9/h3-7H,2,8H2,1H3. The van der Waals surface area contributed by atoms with Crippen LogP contribution in [0.2, 0.25) is 0 Å². The molecule has 1 heterocycles. The number of aromatic nitrogens is 2. The Kier molecular flexibility index (Phi) is 3.10. The van der Waals surface area contributed by atoms with Crippen LogP contribution in [0.5, 0.6) is 0 Å². The van der Waals surface area contributed by atoms with Gasteiger partial charge in [-0.25, -0.2) is 0 Å². The van der Waals surface area contributed by atoms with Crippen molar-refractivity contribution in [1.82, 2.24) is 10.1 Å². The number of nitrogens with zero attached hydrogens (tertiary/aromatic N) is 2. The molecule has 0 N–H and O–H groups in total. The van der Waals surface area contributed by atoms with Crippen LogP contribution in [0.1, 0.15) is 29.0 Å². The van der Waals surface area contributed by atoms with Gasteiger partial charge in [0.1, 0.15) is 0 Å². The number of rotatable bonds is 4. The average molecular weight is 216 g/mol. The first-order valence-corrected chi connectivity index (χ1v) is 5.19. The second-order valence-electron chi connectivity index (χ2n) is 3.42. The number of carbonyl (C=O) groups is 1. The van der Waals surface area contributed by atoms with Crippen molar-refractivity contribution in [2.75, 3.05) is 0 Å². The number of Topliss-reactive ketones (excluding diaryl/α,β-unsaturated/α-hetero) is 1. The summed E-state index contributed by atoms with van der Waals surface area (Å²) in [7, 11) is 0. The van der Waals surface area contributed by atoms with Gasteiger partial charge in [-0.3, -0.25) is 4.79 Å². The Bertz CT molecular complexity index is 477. The lowest BCUT2D eigenvalue weighted by molar-refractivity contribution is 0.0983. The van der Waals surface area contributed by atoms with Crippen molar-refractivity contribution in [3.8, 4) is 0 Å². The summed E-state index contributed by atoms with van der Waals surface area (Å²) < 4.78 is 4.97. The van der Waals surface area contributed by atoms with Gasteiger partial charge < -0.3 is 4.52 Å². The summed E-state index contributed by atoms with van der Waals surface area (Å²) in [6.45, 7) is 1.94. The maximum atomic E-state index is 11.8. The number of aryl methyl sites for hydroxylation is 1. The van der Waals surface area contributed by atoms with Crippen molar-refractivity contribution in [3.05, 3.63) is 47.6 Å². The van der Waals surface area contributed by atoms with Crippen molar-refractivity contribution in [2.45, 2.75) is 19.8 Å². The normalized spacial score (nSPS) is 10.3. The SMILES string of the molecule is CCc1noc(CC(=O)c2ccccc2)n1. The number of hydrogen-bond acceptors (Lipinski definition) is 4. The molecule has 0 radical (unpaired) electrons. The third-order valence-electron chi connectivity index (χ3n) is 2.23. The Morgan fingerprint density at radius 3 is 2.69 bits per heavy atom. The van der Waals surface area contributed by atoms with Crippen molar-refractivity contribution in [2.24, 2.45) is 0 Å². The lowest BCUT2D eigenvalue weighted by Gasteiger charge is -1.95. The molecule has 0 bridgehead atoms. The minimum absolute atomic E-state index is 0.00750. The molecule has 0 aliphatic rings. The van der Waals surface area contributed by atoms with Gasteiger partial charge in [0.05, 0.1) is 6.42 Å². The van der Waals surface area contributed by atoms with E-state index in [-0.39, 0.29) is 12.2 Å². The van der Waals surface area contributed by atoms with E-state index in [1.807, 2.05) is 25.1 Å². The van der Waals surface area contributed by atoms with E-state index in [4.69, 9.17) is 4.52 Å². The Morgan fingerprint density at radius 1 is 1.31 bits per heavy atom. The summed E-state index contributed by atoms with van der Waals surface area (Å²) >= 11 is 0. The average Bonchev–Trinajstić information content (AvgIpc) is 2.78. The molecule has 16 heavy (non-hydrogen) atoms. The Labute approximate surface area is 93.3 Å². The zero-order valence-electron chi connectivity index (χ0n) is 9.01. The van der Waals surface area contributed by atoms with Crippen LogP contribution in [-0.2, 0) is 12.8 Å². The monoisotopic (exact) mass is 216 g/mol. The van der Waals surface area contributed by atoms with Crippen molar-refractivity contribution in [3.63, 3.8) is 0 Å². The Hall–Kier alpha value is -1.97. The van der Waals surface area contributed by atoms with Gasteiger partial charge in [-0.1, -0.05) is 42.4 Å². The lowest BCUT2D eigenvalue weighted by Crippen LogP contribution is -2.03. The highest BCUT2D eigenvalue weighted by molar-refractivity contribution is 5.96. The first-order valence-electron chi connectivity index (χ1n) is 5.19. The van der Waals surface area contributed by atoms with E-state index in [9.17, 15) is 4.79 Å². The number of carbonyl (C=O) groups excluding carboxylic acids is 1. The van der Waals surface area contributed by atoms with Crippen LogP contribution in [0.25, 0.3) is 0 Å². The van der Waals surface area contributed by atoms with E-state index in [2.05, 4.69) is 10.1 Å². The third kappa shape index (κ3) is 2.34. The molecule has 0 spiro atoms. The first-order chi connectivity index (χ1) is 7.79. The summed E-state index contributed by atoms with van der Waals surface area (Å²) in [4.78, 5) is 15.9. The van der Waals surface area contributed by atoms with Crippen LogP contribution >= 0.6 is 0 Å². The van der Waals surface area contributed by atoms with Crippen LogP contribution in [0.4, 0.5) is 0 Å². The molecular formula is C12H12N2O2. The highest BCUT2D eigenvalue weighted by Crippen LogP contribution is 2.06. The molecule has 0 unspecified atom stereocenters. The number of hydrogen-bond donors (Lipinski definition) is 0. The molecule has 0 amide bonds. The molecule has 0 fully saturated rings. The quantitative estimate of drug-likeness (QED) is 0.734. The summed E-state index contributed by atoms with van der Waals surface area (Å²) in [5, 5.41) is 3.74. The predicted molar refractivity (Wildman–Crippen MR) is 58.2 cm³/mol. The number of benzene rings is 1. The highest BCUT2D eigenvalue weighted by Gasteiger charge is 2.11. The lowest BCUT2D eigenvalue weighted by atomic mass is 10.1. The zero-order valence-corrected chi connectivity index (χ0v) is 9.01. The van der Waals surface area contributed by atoms with Gasteiger partial charge in [0.25, 0.3) is 0 Å². The first kappa shape index (κ1) is 10.5. The fraction of sp³-hybridized carbons (Fsp3) is 0.250. The van der Waals surface area contributed by atoms with Crippen LogP contribution in [-0.4, -0.2) is 15.9 Å². The highest BCUT2D eigenvalue weighted by atomic mass is 16.5. The number of ketones is 1. The Balaban J connectivity index is 2.08. The van der Waals surface area contributed by atoms with E-state index >= 15 is 0 Å². The van der Waals surface area contributed by atoms with E-state index < -0.39 is 0 Å². The molecule has 0 saturated carbocycles. The zero-order chi connectivity index (χ0) is 11.4. The predicted octanol–water partition coefficient (Wildman–Crippen LogP) is 2.06. The van der Waals surface area contributed by atoms with Crippen molar-refractivity contribution in [1.29, 1.82) is 0 Å². The fourth-order valence-electron chi connectivity index (χ4n) is 1.37. The second-order valence-corrected chi connectivity index (χ2v) is 3.42. The smallest absolute Gasteiger partial charge is 0.234 e. The molecular weight excluding hydrogens is 204 g/mol. The molecule has 0 saturated heterocycles. The van der Waals surface area contributed by atoms with Gasteiger partial charge in [0.2, 0.25) is 5.89 Å². The van der Waals surface area contributed by atoms with Gasteiger partial charge in [-0.15, -0.1) is 0 Å². The molecule has 4 heteroatoms. The molecule has 2 aromatic rings. The maximum Gasteiger partial charge on any atom is 0.234 e. The van der Waals surface area contributed by atoms with Crippen molar-refractivity contribution >= 4 is 5.78 Å². The summed E-state index contributed by atoms with van der Waals surface area (Å²) in [5.74, 6) is 1.01. The largest absolute Gasteiger partial charge is 0.339 e. The van der Waals surface area contributed by atoms with Gasteiger partial charge in [-0.05, 0) is 0 Å². The molecule has 2 rings (SSSR count). The summed E-state index contributed by atoms with van der Waals surface area (Å²) in [6, 6.07) is 9.09. The fourth-order valence-corrected chi connectivity index (χ4v) is 1.37. The van der Waals surface area contributed by atoms with Crippen molar-refractivity contribution < 1.29 is 9.32 Å². The van der Waals surface area contributed by atoms with Gasteiger partial charge >= 0.3 is 0 Å². The molecule has 1 aromatic carbocycles. The van der Waals surface area contributed by atoms with Gasteiger partial charge in [0.15, 0.2) is 11.6 Å². The molecule has 82 valence electrons. The van der Waals surface area contributed by atoms with Crippen LogP contribution in [0.3, 0.4) is 0 Å². The van der Waals surface area contributed by atoms with Gasteiger partial charge in [0, 0.05) is 12.0 Å². The van der Waals surface area contributed by atoms with Crippen LogP contribution in [0.15, 0.2) is 34.9 Å². The molecule has 1 aromatic heterocycles. The van der Waals surface area contributed by atoms with Crippen LogP contribution < -0.4 is 0 Å². The van der Waals surface area contributed by atoms with Gasteiger partial charge in [-0.2, -0.15) is 4.98 Å². The second kappa shape index (κ2) is 4.70. The minimum Gasteiger partial charge on any atom is -0.339 e. The Morgan fingerprint density at radius 2 is 2.06 bits per heavy atom. The summed E-state index contributed by atoms with van der Waals surface area (Å²) in [6.07, 6.45) is 0.875.